The van der Waals surface area contributed by atoms with Crippen molar-refractivity contribution in [3.63, 3.8) is 0 Å². The second-order valence-electron chi connectivity index (χ2n) is 6.30. The molecular weight excluding hydrogens is 288 g/mol. The number of nitrogens with zero attached hydrogens (tertiary/aromatic N) is 4. The molecule has 21 heavy (non-hydrogen) atoms. The third-order valence-electron chi connectivity index (χ3n) is 4.42. The van der Waals surface area contributed by atoms with E-state index in [2.05, 4.69) is 19.9 Å². The van der Waals surface area contributed by atoms with Gasteiger partial charge in [-0.15, -0.1) is 0 Å². The van der Waals surface area contributed by atoms with Crippen LogP contribution in [0.15, 0.2) is 0 Å². The van der Waals surface area contributed by atoms with Gasteiger partial charge in [0.25, 0.3) is 0 Å². The van der Waals surface area contributed by atoms with Gasteiger partial charge in [0.2, 0.25) is 11.2 Å². The third kappa shape index (κ3) is 3.39. The number of hydrogen-bond donors (Lipinski definition) is 0. The van der Waals surface area contributed by atoms with Crippen LogP contribution in [0.25, 0.3) is 0 Å². The van der Waals surface area contributed by atoms with E-state index in [0.717, 1.165) is 12.5 Å². The highest BCUT2D eigenvalue weighted by Gasteiger charge is 2.35. The molecule has 3 rings (SSSR count). The molecule has 1 saturated heterocycles. The lowest BCUT2D eigenvalue weighted by molar-refractivity contribution is 0.221. The molecule has 1 aliphatic carbocycles. The lowest BCUT2D eigenvalue weighted by Crippen LogP contribution is -2.36. The molecular formula is C15H23ClN4O. The fraction of sp³-hybridized carbons (Fsp3) is 0.800. The van der Waals surface area contributed by atoms with Gasteiger partial charge >= 0.3 is 6.01 Å². The smallest absolute Gasteiger partial charge is 0.322 e. The standard InChI is InChI=1S/C15H23ClN4O/c1-10(2)21-15-18-13(16)17-14(19-15)20-9-5-8-12(20)11-6-3-4-7-11/h10-12H,3-9H2,1-2H3. The van der Waals surface area contributed by atoms with E-state index in [9.17, 15) is 0 Å². The number of ether oxygens (including phenoxy) is 1. The van der Waals surface area contributed by atoms with Gasteiger partial charge in [0.1, 0.15) is 0 Å². The zero-order chi connectivity index (χ0) is 14.8. The number of aromatic nitrogens is 3. The lowest BCUT2D eigenvalue weighted by atomic mass is 9.96. The molecule has 1 saturated carbocycles. The van der Waals surface area contributed by atoms with Crippen LogP contribution in [0.3, 0.4) is 0 Å². The van der Waals surface area contributed by atoms with Crippen LogP contribution in [0.4, 0.5) is 5.95 Å². The molecule has 1 aromatic rings. The van der Waals surface area contributed by atoms with Crippen LogP contribution in [0.5, 0.6) is 6.01 Å². The van der Waals surface area contributed by atoms with Crippen molar-refractivity contribution in [3.8, 4) is 6.01 Å². The summed E-state index contributed by atoms with van der Waals surface area (Å²) >= 11 is 6.05. The second kappa shape index (κ2) is 6.34. The minimum Gasteiger partial charge on any atom is -0.461 e. The minimum atomic E-state index is 0.0283. The summed E-state index contributed by atoms with van der Waals surface area (Å²) in [4.78, 5) is 15.2. The van der Waals surface area contributed by atoms with E-state index < -0.39 is 0 Å². The minimum absolute atomic E-state index is 0.0283. The molecule has 0 N–H and O–H groups in total. The monoisotopic (exact) mass is 310 g/mol. The highest BCUT2D eigenvalue weighted by atomic mass is 35.5. The van der Waals surface area contributed by atoms with Crippen LogP contribution < -0.4 is 9.64 Å². The molecule has 1 aliphatic heterocycles. The quantitative estimate of drug-likeness (QED) is 0.852. The molecule has 5 nitrogen and oxygen atoms in total. The Morgan fingerprint density at radius 1 is 1.10 bits per heavy atom. The Morgan fingerprint density at radius 2 is 1.86 bits per heavy atom. The summed E-state index contributed by atoms with van der Waals surface area (Å²) in [7, 11) is 0. The summed E-state index contributed by atoms with van der Waals surface area (Å²) in [6.45, 7) is 4.91. The molecule has 6 heteroatoms. The highest BCUT2D eigenvalue weighted by molar-refractivity contribution is 6.28. The fourth-order valence-electron chi connectivity index (χ4n) is 3.59. The van der Waals surface area contributed by atoms with Gasteiger partial charge in [0, 0.05) is 12.6 Å². The van der Waals surface area contributed by atoms with Crippen molar-refractivity contribution in [2.75, 3.05) is 11.4 Å². The van der Waals surface area contributed by atoms with Gasteiger partial charge < -0.3 is 9.64 Å². The van der Waals surface area contributed by atoms with E-state index in [1.54, 1.807) is 0 Å². The molecule has 1 unspecified atom stereocenters. The van der Waals surface area contributed by atoms with Crippen molar-refractivity contribution in [2.45, 2.75) is 64.5 Å². The number of anilines is 1. The summed E-state index contributed by atoms with van der Waals surface area (Å²) in [6, 6.07) is 0.884. The molecule has 2 fully saturated rings. The van der Waals surface area contributed by atoms with E-state index in [-0.39, 0.29) is 11.4 Å². The maximum Gasteiger partial charge on any atom is 0.322 e. The molecule has 116 valence electrons. The lowest BCUT2D eigenvalue weighted by Gasteiger charge is -2.29. The average molecular weight is 311 g/mol. The van der Waals surface area contributed by atoms with Crippen LogP contribution in [-0.2, 0) is 0 Å². The molecule has 0 bridgehead atoms. The SMILES string of the molecule is CC(C)Oc1nc(Cl)nc(N2CCCC2C2CCCC2)n1. The maximum atomic E-state index is 6.05. The normalized spacial score (nSPS) is 23.2. The van der Waals surface area contributed by atoms with Gasteiger partial charge in [-0.25, -0.2) is 0 Å². The van der Waals surface area contributed by atoms with Crippen LogP contribution in [-0.4, -0.2) is 33.6 Å². The number of hydrogen-bond acceptors (Lipinski definition) is 5. The van der Waals surface area contributed by atoms with Crippen molar-refractivity contribution in [1.82, 2.24) is 15.0 Å². The van der Waals surface area contributed by atoms with Crippen molar-refractivity contribution in [1.29, 1.82) is 0 Å². The predicted molar refractivity (Wildman–Crippen MR) is 82.9 cm³/mol. The van der Waals surface area contributed by atoms with Crippen LogP contribution in [0.2, 0.25) is 5.28 Å². The first kappa shape index (κ1) is 14.8. The molecule has 2 aliphatic rings. The molecule has 0 radical (unpaired) electrons. The molecule has 0 amide bonds. The predicted octanol–water partition coefficient (Wildman–Crippen LogP) is 3.47. The van der Waals surface area contributed by atoms with E-state index in [4.69, 9.17) is 16.3 Å². The van der Waals surface area contributed by atoms with Crippen molar-refractivity contribution >= 4 is 17.5 Å². The molecule has 0 aromatic carbocycles. The van der Waals surface area contributed by atoms with Gasteiger partial charge in [-0.2, -0.15) is 15.0 Å². The van der Waals surface area contributed by atoms with Crippen molar-refractivity contribution in [2.24, 2.45) is 5.92 Å². The Morgan fingerprint density at radius 3 is 2.57 bits per heavy atom. The summed E-state index contributed by atoms with van der Waals surface area (Å²) in [5.41, 5.74) is 0. The zero-order valence-corrected chi connectivity index (χ0v) is 13.5. The van der Waals surface area contributed by atoms with E-state index in [1.807, 2.05) is 13.8 Å². The Labute approximate surface area is 131 Å². The zero-order valence-electron chi connectivity index (χ0n) is 12.8. The summed E-state index contributed by atoms with van der Waals surface area (Å²) in [5, 5.41) is 0.215. The first-order valence-electron chi connectivity index (χ1n) is 7.98. The van der Waals surface area contributed by atoms with E-state index in [1.165, 1.54) is 38.5 Å². The van der Waals surface area contributed by atoms with Crippen molar-refractivity contribution in [3.05, 3.63) is 5.28 Å². The average Bonchev–Trinajstić information content (AvgIpc) is 3.08. The second-order valence-corrected chi connectivity index (χ2v) is 6.64. The Hall–Kier alpha value is -1.10. The summed E-state index contributed by atoms with van der Waals surface area (Å²) in [5.74, 6) is 1.46. The van der Waals surface area contributed by atoms with E-state index in [0.29, 0.717) is 18.0 Å². The van der Waals surface area contributed by atoms with Crippen molar-refractivity contribution < 1.29 is 4.74 Å². The van der Waals surface area contributed by atoms with Gasteiger partial charge in [0.05, 0.1) is 6.10 Å². The van der Waals surface area contributed by atoms with Crippen LogP contribution in [0.1, 0.15) is 52.4 Å². The fourth-order valence-corrected chi connectivity index (χ4v) is 3.73. The largest absolute Gasteiger partial charge is 0.461 e. The van der Waals surface area contributed by atoms with Gasteiger partial charge in [0.15, 0.2) is 0 Å². The van der Waals surface area contributed by atoms with E-state index >= 15 is 0 Å². The molecule has 1 atom stereocenters. The Kier molecular flexibility index (Phi) is 4.48. The first-order valence-corrected chi connectivity index (χ1v) is 8.36. The van der Waals surface area contributed by atoms with Crippen LogP contribution >= 0.6 is 11.6 Å². The summed E-state index contributed by atoms with van der Waals surface area (Å²) in [6.07, 6.45) is 7.83. The molecule has 1 aromatic heterocycles. The third-order valence-corrected chi connectivity index (χ3v) is 4.59. The Balaban J connectivity index is 1.82. The first-order chi connectivity index (χ1) is 10.1. The number of rotatable bonds is 4. The van der Waals surface area contributed by atoms with Gasteiger partial charge in [-0.1, -0.05) is 12.8 Å². The Bertz CT molecular complexity index is 491. The van der Waals surface area contributed by atoms with Crippen LogP contribution in [0, 0.1) is 5.92 Å². The van der Waals surface area contributed by atoms with Gasteiger partial charge in [-0.05, 0) is 57.0 Å². The number of halogens is 1. The molecule has 0 spiro atoms. The van der Waals surface area contributed by atoms with Gasteiger partial charge in [-0.3, -0.25) is 0 Å². The summed E-state index contributed by atoms with van der Waals surface area (Å²) < 4.78 is 5.58. The topological polar surface area (TPSA) is 51.1 Å². The highest BCUT2D eigenvalue weighted by Crippen LogP contribution is 2.37. The maximum absolute atomic E-state index is 6.05. The molecule has 2 heterocycles.